The summed E-state index contributed by atoms with van der Waals surface area (Å²) in [5, 5.41) is 4.22. The van der Waals surface area contributed by atoms with Crippen LogP contribution in [0, 0.1) is 6.92 Å². The Morgan fingerprint density at radius 3 is 2.88 bits per heavy atom. The monoisotopic (exact) mass is 219 g/mol. The number of anilines is 1. The van der Waals surface area contributed by atoms with E-state index < -0.39 is 0 Å². The molecule has 6 nitrogen and oxygen atoms in total. The molecule has 0 fully saturated rings. The van der Waals surface area contributed by atoms with Gasteiger partial charge in [0, 0.05) is 11.8 Å². The van der Waals surface area contributed by atoms with Crippen LogP contribution in [-0.2, 0) is 4.74 Å². The molecule has 0 aliphatic carbocycles. The van der Waals surface area contributed by atoms with Crippen LogP contribution in [0.5, 0.6) is 0 Å². The Hall–Kier alpha value is -2.11. The predicted octanol–water partition coefficient (Wildman–Crippen LogP) is 1.02. The highest BCUT2D eigenvalue weighted by molar-refractivity contribution is 5.56. The Morgan fingerprint density at radius 2 is 2.25 bits per heavy atom. The average molecular weight is 219 g/mol. The lowest BCUT2D eigenvalue weighted by molar-refractivity contribution is 0.365. The number of fused-ring (bicyclic) bond motifs is 1. The van der Waals surface area contributed by atoms with Crippen molar-refractivity contribution < 1.29 is 4.74 Å². The standard InChI is InChI=1S/C10H13N5O/c1-4-7(16-3)9-13-8-5-6(2)12-10(11)15(8)14-9/h4-5H,1-3H3,(H2,11,12)/b7-4-. The average Bonchev–Trinajstić information content (AvgIpc) is 2.63. The van der Waals surface area contributed by atoms with Crippen LogP contribution in [0.25, 0.3) is 11.4 Å². The molecule has 0 aromatic carbocycles. The van der Waals surface area contributed by atoms with Crippen molar-refractivity contribution >= 4 is 17.4 Å². The fourth-order valence-corrected chi connectivity index (χ4v) is 1.48. The van der Waals surface area contributed by atoms with Gasteiger partial charge in [-0.3, -0.25) is 0 Å². The summed E-state index contributed by atoms with van der Waals surface area (Å²) in [5.74, 6) is 1.44. The zero-order valence-corrected chi connectivity index (χ0v) is 9.43. The number of methoxy groups -OCH3 is 1. The number of nitrogens with two attached hydrogens (primary N) is 1. The summed E-state index contributed by atoms with van der Waals surface area (Å²) < 4.78 is 6.64. The Morgan fingerprint density at radius 1 is 1.50 bits per heavy atom. The molecule has 16 heavy (non-hydrogen) atoms. The predicted molar refractivity (Wildman–Crippen MR) is 60.6 cm³/mol. The van der Waals surface area contributed by atoms with Gasteiger partial charge in [-0.05, 0) is 19.9 Å². The van der Waals surface area contributed by atoms with Gasteiger partial charge in [0.15, 0.2) is 11.4 Å². The van der Waals surface area contributed by atoms with Gasteiger partial charge in [0.1, 0.15) is 0 Å². The van der Waals surface area contributed by atoms with Gasteiger partial charge in [-0.25, -0.2) is 9.97 Å². The molecule has 0 bridgehead atoms. The SMILES string of the molecule is C/C=C(\OC)c1nc2cc(C)nc(N)n2n1. The molecular weight excluding hydrogens is 206 g/mol. The van der Waals surface area contributed by atoms with Gasteiger partial charge in [0.2, 0.25) is 11.8 Å². The molecule has 2 aromatic rings. The maximum Gasteiger partial charge on any atom is 0.223 e. The molecule has 0 amide bonds. The van der Waals surface area contributed by atoms with Gasteiger partial charge in [-0.1, -0.05) is 0 Å². The molecule has 2 aromatic heterocycles. The van der Waals surface area contributed by atoms with Crippen molar-refractivity contribution in [3.05, 3.63) is 23.7 Å². The second kappa shape index (κ2) is 3.80. The largest absolute Gasteiger partial charge is 0.493 e. The zero-order chi connectivity index (χ0) is 11.7. The van der Waals surface area contributed by atoms with Crippen molar-refractivity contribution in [3.63, 3.8) is 0 Å². The molecule has 0 spiro atoms. The first-order valence-corrected chi connectivity index (χ1v) is 4.86. The topological polar surface area (TPSA) is 78.3 Å². The molecule has 0 aliphatic heterocycles. The maximum absolute atomic E-state index is 5.74. The van der Waals surface area contributed by atoms with E-state index in [0.717, 1.165) is 5.69 Å². The lowest BCUT2D eigenvalue weighted by atomic mass is 10.4. The first-order chi connectivity index (χ1) is 7.65. The fourth-order valence-electron chi connectivity index (χ4n) is 1.48. The Bertz CT molecular complexity index is 558. The first kappa shape index (κ1) is 10.4. The van der Waals surface area contributed by atoms with Gasteiger partial charge in [0.25, 0.3) is 0 Å². The molecule has 0 radical (unpaired) electrons. The number of rotatable bonds is 2. The highest BCUT2D eigenvalue weighted by atomic mass is 16.5. The third kappa shape index (κ3) is 1.58. The van der Waals surface area contributed by atoms with E-state index in [1.807, 2.05) is 19.9 Å². The Labute approximate surface area is 92.8 Å². The van der Waals surface area contributed by atoms with Gasteiger partial charge in [-0.15, -0.1) is 5.10 Å². The highest BCUT2D eigenvalue weighted by Crippen LogP contribution is 2.14. The van der Waals surface area contributed by atoms with Crippen molar-refractivity contribution in [2.24, 2.45) is 0 Å². The number of hydrogen-bond donors (Lipinski definition) is 1. The molecule has 2 N–H and O–H groups in total. The minimum absolute atomic E-state index is 0.320. The number of aromatic nitrogens is 4. The highest BCUT2D eigenvalue weighted by Gasteiger charge is 2.11. The van der Waals surface area contributed by atoms with E-state index >= 15 is 0 Å². The summed E-state index contributed by atoms with van der Waals surface area (Å²) in [6.45, 7) is 3.72. The van der Waals surface area contributed by atoms with Crippen LogP contribution in [0.15, 0.2) is 12.1 Å². The van der Waals surface area contributed by atoms with Crippen LogP contribution in [0.2, 0.25) is 0 Å². The van der Waals surface area contributed by atoms with E-state index in [2.05, 4.69) is 15.1 Å². The minimum Gasteiger partial charge on any atom is -0.493 e. The van der Waals surface area contributed by atoms with Gasteiger partial charge >= 0.3 is 0 Å². The molecular formula is C10H13N5O. The number of hydrogen-bond acceptors (Lipinski definition) is 5. The molecule has 0 unspecified atom stereocenters. The number of ether oxygens (including phenoxy) is 1. The number of nitrogens with zero attached hydrogens (tertiary/aromatic N) is 4. The van der Waals surface area contributed by atoms with E-state index in [9.17, 15) is 0 Å². The van der Waals surface area contributed by atoms with E-state index in [1.165, 1.54) is 4.52 Å². The quantitative estimate of drug-likeness (QED) is 0.763. The van der Waals surface area contributed by atoms with Crippen molar-refractivity contribution in [2.75, 3.05) is 12.8 Å². The summed E-state index contributed by atoms with van der Waals surface area (Å²) >= 11 is 0. The van der Waals surface area contributed by atoms with Crippen molar-refractivity contribution in [1.29, 1.82) is 0 Å². The molecule has 6 heteroatoms. The van der Waals surface area contributed by atoms with E-state index in [4.69, 9.17) is 10.5 Å². The maximum atomic E-state index is 5.74. The van der Waals surface area contributed by atoms with Crippen LogP contribution < -0.4 is 5.73 Å². The van der Waals surface area contributed by atoms with Crippen molar-refractivity contribution in [1.82, 2.24) is 19.6 Å². The van der Waals surface area contributed by atoms with Gasteiger partial charge < -0.3 is 10.5 Å². The normalized spacial score (nSPS) is 12.1. The summed E-state index contributed by atoms with van der Waals surface area (Å²) in [5.41, 5.74) is 7.21. The molecule has 2 rings (SSSR count). The minimum atomic E-state index is 0.320. The first-order valence-electron chi connectivity index (χ1n) is 4.86. The molecule has 0 aliphatic rings. The van der Waals surface area contributed by atoms with Crippen molar-refractivity contribution in [3.8, 4) is 0 Å². The van der Waals surface area contributed by atoms with Crippen molar-refractivity contribution in [2.45, 2.75) is 13.8 Å². The van der Waals surface area contributed by atoms with Gasteiger partial charge in [-0.2, -0.15) is 4.52 Å². The molecule has 84 valence electrons. The van der Waals surface area contributed by atoms with Crippen LogP contribution in [0.1, 0.15) is 18.4 Å². The van der Waals surface area contributed by atoms with Crippen LogP contribution in [0.4, 0.5) is 5.95 Å². The third-order valence-electron chi connectivity index (χ3n) is 2.18. The summed E-state index contributed by atoms with van der Waals surface area (Å²) in [6, 6.07) is 1.82. The Kier molecular flexibility index (Phi) is 2.47. The molecule has 2 heterocycles. The summed E-state index contributed by atoms with van der Waals surface area (Å²) in [6.07, 6.45) is 1.80. The lowest BCUT2D eigenvalue weighted by Crippen LogP contribution is -2.03. The second-order valence-electron chi connectivity index (χ2n) is 3.32. The Balaban J connectivity index is 2.64. The van der Waals surface area contributed by atoms with Gasteiger partial charge in [0.05, 0.1) is 7.11 Å². The number of nitrogen functional groups attached to an aromatic ring is 1. The zero-order valence-electron chi connectivity index (χ0n) is 9.43. The third-order valence-corrected chi connectivity index (χ3v) is 2.18. The summed E-state index contributed by atoms with van der Waals surface area (Å²) in [7, 11) is 1.58. The van der Waals surface area contributed by atoms with E-state index in [1.54, 1.807) is 13.2 Å². The van der Waals surface area contributed by atoms with Crippen LogP contribution >= 0.6 is 0 Å². The second-order valence-corrected chi connectivity index (χ2v) is 3.32. The number of aryl methyl sites for hydroxylation is 1. The van der Waals surface area contributed by atoms with Crippen LogP contribution in [0.3, 0.4) is 0 Å². The lowest BCUT2D eigenvalue weighted by Gasteiger charge is -1.98. The molecule has 0 saturated heterocycles. The molecule has 0 atom stereocenters. The van der Waals surface area contributed by atoms with E-state index in [-0.39, 0.29) is 0 Å². The van der Waals surface area contributed by atoms with Crippen LogP contribution in [-0.4, -0.2) is 26.7 Å². The smallest absolute Gasteiger partial charge is 0.223 e. The number of allylic oxidation sites excluding steroid dienone is 1. The fraction of sp³-hybridized carbons (Fsp3) is 0.300. The summed E-state index contributed by atoms with van der Waals surface area (Å²) in [4.78, 5) is 8.42. The van der Waals surface area contributed by atoms with E-state index in [0.29, 0.717) is 23.2 Å². The molecule has 0 saturated carbocycles.